The van der Waals surface area contributed by atoms with Gasteiger partial charge in [0.15, 0.2) is 0 Å². The largest absolute Gasteiger partial charge is 0.497 e. The molecule has 2 aromatic rings. The molecule has 1 amide bonds. The van der Waals surface area contributed by atoms with Crippen molar-refractivity contribution in [3.05, 3.63) is 54.1 Å². The number of hydrogen-bond acceptors (Lipinski definition) is 4. The molecule has 1 atom stereocenters. The molecule has 1 unspecified atom stereocenters. The van der Waals surface area contributed by atoms with Gasteiger partial charge in [0.25, 0.3) is 0 Å². The number of amides is 1. The number of piperazine rings is 1. The van der Waals surface area contributed by atoms with Crippen LogP contribution in [-0.2, 0) is 11.2 Å². The van der Waals surface area contributed by atoms with Gasteiger partial charge in [-0.25, -0.2) is 0 Å². The lowest BCUT2D eigenvalue weighted by Gasteiger charge is -2.37. The first kappa shape index (κ1) is 17.7. The molecule has 4 rings (SSSR count). The molecular weight excluding hydrogens is 338 g/mol. The number of ether oxygens (including phenoxy) is 1. The minimum Gasteiger partial charge on any atom is -0.497 e. The van der Waals surface area contributed by atoms with E-state index >= 15 is 0 Å². The Kier molecular flexibility index (Phi) is 4.92. The minimum atomic E-state index is 0.230. The number of para-hydroxylation sites is 1. The molecule has 0 spiro atoms. The summed E-state index contributed by atoms with van der Waals surface area (Å²) in [5.74, 6) is 1.10. The van der Waals surface area contributed by atoms with Gasteiger partial charge in [-0.2, -0.15) is 0 Å². The van der Waals surface area contributed by atoms with Crippen molar-refractivity contribution in [1.82, 2.24) is 4.90 Å². The number of benzene rings is 2. The lowest BCUT2D eigenvalue weighted by Crippen LogP contribution is -2.51. The monoisotopic (exact) mass is 365 g/mol. The van der Waals surface area contributed by atoms with Gasteiger partial charge in [0.1, 0.15) is 5.75 Å². The van der Waals surface area contributed by atoms with E-state index in [1.165, 1.54) is 16.9 Å². The molecule has 27 heavy (non-hydrogen) atoms. The maximum atomic E-state index is 12.9. The van der Waals surface area contributed by atoms with Crippen LogP contribution in [0.3, 0.4) is 0 Å². The first-order valence-corrected chi connectivity index (χ1v) is 9.67. The Balaban J connectivity index is 1.35. The predicted octanol–water partition coefficient (Wildman–Crippen LogP) is 2.80. The van der Waals surface area contributed by atoms with Gasteiger partial charge in [0.05, 0.1) is 13.7 Å². The number of methoxy groups -OCH3 is 1. The Labute approximate surface area is 161 Å². The van der Waals surface area contributed by atoms with Gasteiger partial charge in [-0.1, -0.05) is 18.2 Å². The summed E-state index contributed by atoms with van der Waals surface area (Å²) in [5.41, 5.74) is 3.75. The lowest BCUT2D eigenvalue weighted by molar-refractivity contribution is -0.130. The minimum absolute atomic E-state index is 0.230. The summed E-state index contributed by atoms with van der Waals surface area (Å²) in [6, 6.07) is 17.0. The van der Waals surface area contributed by atoms with Crippen LogP contribution < -0.4 is 14.5 Å². The second-order valence-corrected chi connectivity index (χ2v) is 7.38. The molecule has 142 valence electrons. The zero-order valence-electron chi connectivity index (χ0n) is 16.1. The van der Waals surface area contributed by atoms with E-state index in [9.17, 15) is 4.79 Å². The number of rotatable bonds is 4. The Bertz CT molecular complexity index is 797. The Morgan fingerprint density at radius 2 is 1.74 bits per heavy atom. The fourth-order valence-electron chi connectivity index (χ4n) is 4.12. The number of nitrogens with zero attached hydrogens (tertiary/aromatic N) is 3. The summed E-state index contributed by atoms with van der Waals surface area (Å²) in [6.45, 7) is 5.95. The first-order chi connectivity index (χ1) is 13.2. The maximum absolute atomic E-state index is 12.9. The van der Waals surface area contributed by atoms with Gasteiger partial charge in [-0.3, -0.25) is 4.79 Å². The third-order valence-corrected chi connectivity index (χ3v) is 5.72. The van der Waals surface area contributed by atoms with Crippen molar-refractivity contribution in [2.75, 3.05) is 49.6 Å². The van der Waals surface area contributed by atoms with Crippen molar-refractivity contribution in [2.45, 2.75) is 19.4 Å². The van der Waals surface area contributed by atoms with Gasteiger partial charge in [-0.15, -0.1) is 0 Å². The highest BCUT2D eigenvalue weighted by Gasteiger charge is 2.29. The Morgan fingerprint density at radius 3 is 2.44 bits per heavy atom. The van der Waals surface area contributed by atoms with E-state index in [2.05, 4.69) is 53.1 Å². The molecule has 5 nitrogen and oxygen atoms in total. The fourth-order valence-corrected chi connectivity index (χ4v) is 4.12. The van der Waals surface area contributed by atoms with E-state index < -0.39 is 0 Å². The molecule has 1 fully saturated rings. The molecule has 0 saturated carbocycles. The standard InChI is InChI=1S/C22H27N3O2/c1-17-15-18-5-3-4-6-21(18)25(17)16-22(26)24-13-11-23(12-14-24)19-7-9-20(27-2)10-8-19/h3-10,17H,11-16H2,1-2H3. The Morgan fingerprint density at radius 1 is 1.04 bits per heavy atom. The summed E-state index contributed by atoms with van der Waals surface area (Å²) in [6.07, 6.45) is 1.02. The van der Waals surface area contributed by atoms with E-state index in [4.69, 9.17) is 4.74 Å². The van der Waals surface area contributed by atoms with Gasteiger partial charge in [0, 0.05) is 43.6 Å². The first-order valence-electron chi connectivity index (χ1n) is 9.67. The molecule has 0 N–H and O–H groups in total. The summed E-state index contributed by atoms with van der Waals surface area (Å²) < 4.78 is 5.23. The number of hydrogen-bond donors (Lipinski definition) is 0. The predicted molar refractivity (Wildman–Crippen MR) is 109 cm³/mol. The zero-order valence-corrected chi connectivity index (χ0v) is 16.1. The molecule has 1 saturated heterocycles. The molecule has 2 aliphatic heterocycles. The van der Waals surface area contributed by atoms with E-state index in [0.29, 0.717) is 12.6 Å². The van der Waals surface area contributed by atoms with Crippen LogP contribution in [0.25, 0.3) is 0 Å². The third-order valence-electron chi connectivity index (χ3n) is 5.72. The molecule has 0 aromatic heterocycles. The fraction of sp³-hybridized carbons (Fsp3) is 0.409. The summed E-state index contributed by atoms with van der Waals surface area (Å²) in [7, 11) is 1.68. The smallest absolute Gasteiger partial charge is 0.242 e. The van der Waals surface area contributed by atoms with Crippen LogP contribution in [0.5, 0.6) is 5.75 Å². The quantitative estimate of drug-likeness (QED) is 0.835. The second kappa shape index (κ2) is 7.51. The van der Waals surface area contributed by atoms with Crippen LogP contribution in [-0.4, -0.2) is 56.7 Å². The average Bonchev–Trinajstić information content (AvgIpc) is 3.03. The lowest BCUT2D eigenvalue weighted by atomic mass is 10.1. The van der Waals surface area contributed by atoms with Gasteiger partial charge >= 0.3 is 0 Å². The zero-order chi connectivity index (χ0) is 18.8. The molecule has 2 heterocycles. The van der Waals surface area contributed by atoms with Crippen LogP contribution >= 0.6 is 0 Å². The van der Waals surface area contributed by atoms with Crippen LogP contribution in [0, 0.1) is 0 Å². The van der Waals surface area contributed by atoms with E-state index in [1.807, 2.05) is 17.0 Å². The van der Waals surface area contributed by atoms with E-state index in [-0.39, 0.29) is 5.91 Å². The van der Waals surface area contributed by atoms with Crippen molar-refractivity contribution >= 4 is 17.3 Å². The summed E-state index contributed by atoms with van der Waals surface area (Å²) in [4.78, 5) is 19.5. The van der Waals surface area contributed by atoms with Gasteiger partial charge in [-0.05, 0) is 49.2 Å². The third kappa shape index (κ3) is 3.59. The van der Waals surface area contributed by atoms with Crippen LogP contribution in [0.4, 0.5) is 11.4 Å². The number of fused-ring (bicyclic) bond motifs is 1. The highest BCUT2D eigenvalue weighted by molar-refractivity contribution is 5.83. The van der Waals surface area contributed by atoms with Crippen molar-refractivity contribution in [3.8, 4) is 5.75 Å². The van der Waals surface area contributed by atoms with E-state index in [0.717, 1.165) is 38.3 Å². The maximum Gasteiger partial charge on any atom is 0.242 e. The van der Waals surface area contributed by atoms with Crippen LogP contribution in [0.15, 0.2) is 48.5 Å². The van der Waals surface area contributed by atoms with Gasteiger partial charge < -0.3 is 19.4 Å². The van der Waals surface area contributed by atoms with Crippen LogP contribution in [0.2, 0.25) is 0 Å². The van der Waals surface area contributed by atoms with E-state index in [1.54, 1.807) is 7.11 Å². The second-order valence-electron chi connectivity index (χ2n) is 7.38. The SMILES string of the molecule is COc1ccc(N2CCN(C(=O)CN3c4ccccc4CC3C)CC2)cc1. The summed E-state index contributed by atoms with van der Waals surface area (Å²) >= 11 is 0. The normalized spacial score (nSPS) is 19.2. The molecule has 0 bridgehead atoms. The highest BCUT2D eigenvalue weighted by Crippen LogP contribution is 2.31. The summed E-state index contributed by atoms with van der Waals surface area (Å²) in [5, 5.41) is 0. The molecular formula is C22H27N3O2. The Hall–Kier alpha value is -2.69. The van der Waals surface area contributed by atoms with Crippen LogP contribution in [0.1, 0.15) is 12.5 Å². The number of anilines is 2. The van der Waals surface area contributed by atoms with Crippen molar-refractivity contribution in [3.63, 3.8) is 0 Å². The number of carbonyl (C=O) groups excluding carboxylic acids is 1. The molecule has 2 aromatic carbocycles. The van der Waals surface area contributed by atoms with Gasteiger partial charge in [0.2, 0.25) is 5.91 Å². The molecule has 5 heteroatoms. The highest BCUT2D eigenvalue weighted by atomic mass is 16.5. The molecule has 2 aliphatic rings. The average molecular weight is 365 g/mol. The number of carbonyl (C=O) groups is 1. The van der Waals surface area contributed by atoms with Crippen molar-refractivity contribution < 1.29 is 9.53 Å². The molecule has 0 aliphatic carbocycles. The van der Waals surface area contributed by atoms with Crippen molar-refractivity contribution in [2.24, 2.45) is 0 Å². The molecule has 0 radical (unpaired) electrons. The topological polar surface area (TPSA) is 36.0 Å². The van der Waals surface area contributed by atoms with Crippen molar-refractivity contribution in [1.29, 1.82) is 0 Å².